The van der Waals surface area contributed by atoms with Crippen molar-refractivity contribution in [2.24, 2.45) is 5.73 Å². The zero-order valence-electron chi connectivity index (χ0n) is 18.1. The number of nitrogen functional groups attached to an aromatic ring is 1. The van der Waals surface area contributed by atoms with E-state index >= 15 is 0 Å². The van der Waals surface area contributed by atoms with Crippen LogP contribution in [0.4, 0.5) is 5.69 Å². The van der Waals surface area contributed by atoms with Gasteiger partial charge >= 0.3 is 11.9 Å². The van der Waals surface area contributed by atoms with Crippen LogP contribution in [0.2, 0.25) is 0 Å². The Morgan fingerprint density at radius 1 is 0.970 bits per heavy atom. The zero-order valence-corrected chi connectivity index (χ0v) is 18.9. The molecule has 1 atom stereocenters. The lowest BCUT2D eigenvalue weighted by molar-refractivity contribution is -0.138. The summed E-state index contributed by atoms with van der Waals surface area (Å²) in [5.74, 6) is 0.0367. The molecule has 0 amide bonds. The number of methoxy groups -OCH3 is 1. The van der Waals surface area contributed by atoms with Gasteiger partial charge in [-0.05, 0) is 60.0 Å². The Morgan fingerprint density at radius 2 is 1.61 bits per heavy atom. The molecule has 0 aromatic heterocycles. The molecule has 0 saturated carbocycles. The average molecular weight is 471 g/mol. The first-order valence-corrected chi connectivity index (χ1v) is 9.79. The number of carboxylic acid groups (broad SMARTS) is 1. The van der Waals surface area contributed by atoms with Crippen molar-refractivity contribution in [3.63, 3.8) is 0 Å². The van der Waals surface area contributed by atoms with Gasteiger partial charge in [0.25, 0.3) is 0 Å². The molecule has 3 aromatic rings. The summed E-state index contributed by atoms with van der Waals surface area (Å²) in [5.41, 5.74) is 13.5. The summed E-state index contributed by atoms with van der Waals surface area (Å²) in [6, 6.07) is 23.0. The number of anilines is 1. The molecule has 8 heteroatoms. The maximum absolute atomic E-state index is 10.7. The summed E-state index contributed by atoms with van der Waals surface area (Å²) in [7, 11) is 1.34. The first-order valence-electron chi connectivity index (χ1n) is 9.79. The molecule has 174 valence electrons. The highest BCUT2D eigenvalue weighted by atomic mass is 35.5. The van der Waals surface area contributed by atoms with E-state index in [2.05, 4.69) is 4.74 Å². The van der Waals surface area contributed by atoms with E-state index in [0.29, 0.717) is 11.4 Å². The first-order chi connectivity index (χ1) is 15.4. The van der Waals surface area contributed by atoms with Gasteiger partial charge in [0.15, 0.2) is 0 Å². The summed E-state index contributed by atoms with van der Waals surface area (Å²) in [6.07, 6.45) is 3.32. The second kappa shape index (κ2) is 14.3. The molecule has 0 heterocycles. The molecule has 3 rings (SSSR count). The number of carbonyl (C=O) groups is 2. The maximum Gasteiger partial charge on any atom is 0.330 e. The van der Waals surface area contributed by atoms with Gasteiger partial charge in [0.1, 0.15) is 17.5 Å². The molecule has 5 N–H and O–H groups in total. The van der Waals surface area contributed by atoms with Crippen LogP contribution in [0.3, 0.4) is 0 Å². The van der Waals surface area contributed by atoms with Crippen molar-refractivity contribution < 1.29 is 24.2 Å². The lowest BCUT2D eigenvalue weighted by Crippen LogP contribution is -2.32. The molecule has 0 bridgehead atoms. The number of halogens is 1. The fourth-order valence-corrected chi connectivity index (χ4v) is 2.54. The van der Waals surface area contributed by atoms with Crippen LogP contribution in [-0.4, -0.2) is 30.2 Å². The Labute approximate surface area is 199 Å². The van der Waals surface area contributed by atoms with Crippen LogP contribution in [0.1, 0.15) is 11.1 Å². The number of ether oxygens (including phenoxy) is 2. The highest BCUT2D eigenvalue weighted by molar-refractivity contribution is 5.87. The van der Waals surface area contributed by atoms with Crippen LogP contribution in [0.5, 0.6) is 11.5 Å². The summed E-state index contributed by atoms with van der Waals surface area (Å²) in [6.45, 7) is 0. The summed E-state index contributed by atoms with van der Waals surface area (Å²) >= 11 is 0. The largest absolute Gasteiger partial charge is 0.480 e. The minimum atomic E-state index is -1.01. The van der Waals surface area contributed by atoms with Crippen molar-refractivity contribution in [1.29, 1.82) is 0 Å². The second-order valence-corrected chi connectivity index (χ2v) is 6.73. The SMILES string of the molecule is COC(=O)/C=C/c1ccc(N)cc1.Cl.N[C@@H](Cc1cccc(Oc2ccccc2)c1)C(=O)O. The van der Waals surface area contributed by atoms with Crippen molar-refractivity contribution in [3.8, 4) is 11.5 Å². The Morgan fingerprint density at radius 3 is 2.21 bits per heavy atom. The van der Waals surface area contributed by atoms with Crippen LogP contribution < -0.4 is 16.2 Å². The predicted molar refractivity (Wildman–Crippen MR) is 131 cm³/mol. The van der Waals surface area contributed by atoms with Gasteiger partial charge in [0.2, 0.25) is 0 Å². The Bertz CT molecular complexity index is 1040. The Kier molecular flexibility index (Phi) is 11.8. The number of hydrogen-bond acceptors (Lipinski definition) is 6. The van der Waals surface area contributed by atoms with Gasteiger partial charge in [-0.15, -0.1) is 12.4 Å². The van der Waals surface area contributed by atoms with Crippen LogP contribution in [0, 0.1) is 0 Å². The van der Waals surface area contributed by atoms with E-state index in [1.165, 1.54) is 13.2 Å². The molecule has 0 aliphatic rings. The molecule has 0 saturated heterocycles. The number of carbonyl (C=O) groups excluding carboxylic acids is 1. The quantitative estimate of drug-likeness (QED) is 0.267. The Balaban J connectivity index is 0.000000343. The topological polar surface area (TPSA) is 125 Å². The summed E-state index contributed by atoms with van der Waals surface area (Å²) in [4.78, 5) is 21.4. The highest BCUT2D eigenvalue weighted by Crippen LogP contribution is 2.22. The Hall–Kier alpha value is -3.81. The zero-order chi connectivity index (χ0) is 23.3. The fourth-order valence-electron chi connectivity index (χ4n) is 2.54. The second-order valence-electron chi connectivity index (χ2n) is 6.73. The minimum Gasteiger partial charge on any atom is -0.480 e. The van der Waals surface area contributed by atoms with Crippen molar-refractivity contribution in [1.82, 2.24) is 0 Å². The third kappa shape index (κ3) is 10.4. The van der Waals surface area contributed by atoms with Crippen molar-refractivity contribution in [2.75, 3.05) is 12.8 Å². The molecular weight excluding hydrogens is 444 g/mol. The van der Waals surface area contributed by atoms with Crippen molar-refractivity contribution in [2.45, 2.75) is 12.5 Å². The van der Waals surface area contributed by atoms with E-state index < -0.39 is 12.0 Å². The van der Waals surface area contributed by atoms with Crippen LogP contribution in [0.25, 0.3) is 6.08 Å². The highest BCUT2D eigenvalue weighted by Gasteiger charge is 2.12. The summed E-state index contributed by atoms with van der Waals surface area (Å²) in [5, 5.41) is 8.79. The minimum absolute atomic E-state index is 0. The van der Waals surface area contributed by atoms with Crippen LogP contribution in [0.15, 0.2) is 84.9 Å². The molecule has 33 heavy (non-hydrogen) atoms. The lowest BCUT2D eigenvalue weighted by atomic mass is 10.1. The van der Waals surface area contributed by atoms with Crippen LogP contribution in [-0.2, 0) is 20.7 Å². The van der Waals surface area contributed by atoms with E-state index in [-0.39, 0.29) is 24.8 Å². The molecule has 0 spiro atoms. The van der Waals surface area contributed by atoms with E-state index in [9.17, 15) is 9.59 Å². The van der Waals surface area contributed by atoms with Gasteiger partial charge < -0.3 is 26.0 Å². The third-order valence-electron chi connectivity index (χ3n) is 4.20. The van der Waals surface area contributed by atoms with E-state index in [1.807, 2.05) is 60.7 Å². The van der Waals surface area contributed by atoms with E-state index in [4.69, 9.17) is 21.3 Å². The lowest BCUT2D eigenvalue weighted by Gasteiger charge is -2.09. The number of hydrogen-bond donors (Lipinski definition) is 3. The molecule has 0 aliphatic carbocycles. The standard InChI is InChI=1S/C15H15NO3.C10H11NO2.ClH/c16-14(15(17)18)10-11-5-4-8-13(9-11)19-12-6-2-1-3-7-12;1-13-10(12)7-4-8-2-5-9(11)6-3-8;/h1-9,14H,10,16H2,(H,17,18);2-7H,11H2,1H3;1H/b;7-4+;/t14-;;/m0../s1. The molecule has 0 aliphatic heterocycles. The predicted octanol–water partition coefficient (Wildman–Crippen LogP) is 4.31. The van der Waals surface area contributed by atoms with E-state index in [1.54, 1.807) is 24.3 Å². The molecule has 0 unspecified atom stereocenters. The van der Waals surface area contributed by atoms with Gasteiger partial charge in [-0.25, -0.2) is 4.79 Å². The number of benzene rings is 3. The van der Waals surface area contributed by atoms with Crippen molar-refractivity contribution in [3.05, 3.63) is 96.1 Å². The molecular formula is C25H27ClN2O5. The van der Waals surface area contributed by atoms with Gasteiger partial charge in [-0.1, -0.05) is 42.5 Å². The van der Waals surface area contributed by atoms with Gasteiger partial charge in [0, 0.05) is 11.8 Å². The third-order valence-corrected chi connectivity index (χ3v) is 4.20. The monoisotopic (exact) mass is 470 g/mol. The first kappa shape index (κ1) is 27.2. The van der Waals surface area contributed by atoms with Gasteiger partial charge in [0.05, 0.1) is 7.11 Å². The number of nitrogens with two attached hydrogens (primary N) is 2. The summed E-state index contributed by atoms with van der Waals surface area (Å²) < 4.78 is 10.1. The van der Waals surface area contributed by atoms with Crippen LogP contribution >= 0.6 is 12.4 Å². The van der Waals surface area contributed by atoms with Crippen molar-refractivity contribution >= 4 is 36.1 Å². The molecule has 0 fully saturated rings. The van der Waals surface area contributed by atoms with E-state index in [0.717, 1.165) is 16.9 Å². The molecule has 3 aromatic carbocycles. The smallest absolute Gasteiger partial charge is 0.330 e. The molecule has 7 nitrogen and oxygen atoms in total. The normalized spacial score (nSPS) is 10.8. The molecule has 0 radical (unpaired) electrons. The van der Waals surface area contributed by atoms with Gasteiger partial charge in [-0.2, -0.15) is 0 Å². The maximum atomic E-state index is 10.7. The fraction of sp³-hybridized carbons (Fsp3) is 0.120. The average Bonchev–Trinajstić information content (AvgIpc) is 2.80. The number of rotatable bonds is 7. The van der Waals surface area contributed by atoms with Gasteiger partial charge in [-0.3, -0.25) is 4.79 Å². The number of para-hydroxylation sites is 1. The number of carboxylic acids is 1. The number of aliphatic carboxylic acids is 1. The number of esters is 1.